The topological polar surface area (TPSA) is 102 Å². The third kappa shape index (κ3) is 2.35. The zero-order valence-corrected chi connectivity index (χ0v) is 9.59. The lowest BCUT2D eigenvalue weighted by atomic mass is 10.1. The third-order valence-corrected chi connectivity index (χ3v) is 2.87. The fourth-order valence-corrected chi connectivity index (χ4v) is 2.03. The van der Waals surface area contributed by atoms with Gasteiger partial charge in [-0.05, 0) is 0 Å². The Bertz CT molecular complexity index is 376. The Labute approximate surface area is 102 Å². The molecular formula is C10H13NO7. The number of ether oxygens (including phenoxy) is 3. The molecule has 0 amide bonds. The van der Waals surface area contributed by atoms with E-state index in [1.165, 1.54) is 0 Å². The van der Waals surface area contributed by atoms with Crippen LogP contribution >= 0.6 is 0 Å². The molecule has 2 saturated heterocycles. The predicted molar refractivity (Wildman–Crippen MR) is 54.4 cm³/mol. The van der Waals surface area contributed by atoms with Crippen LogP contribution in [0, 0.1) is 0 Å². The Hall–Kier alpha value is -1.51. The number of aliphatic carboxylic acids is 1. The highest BCUT2D eigenvalue weighted by Crippen LogP contribution is 2.30. The number of carboxylic acids is 1. The lowest BCUT2D eigenvalue weighted by molar-refractivity contribution is -0.198. The zero-order valence-electron chi connectivity index (χ0n) is 9.59. The van der Waals surface area contributed by atoms with Crippen LogP contribution in [0.3, 0.4) is 0 Å². The molecule has 2 aliphatic rings. The van der Waals surface area contributed by atoms with Crippen molar-refractivity contribution in [3.05, 3.63) is 0 Å². The van der Waals surface area contributed by atoms with E-state index in [0.717, 1.165) is 0 Å². The molecule has 2 heterocycles. The highest BCUT2D eigenvalue weighted by molar-refractivity contribution is 5.99. The highest BCUT2D eigenvalue weighted by Gasteiger charge is 2.55. The summed E-state index contributed by atoms with van der Waals surface area (Å²) in [6.07, 6.45) is -0.293. The van der Waals surface area contributed by atoms with Crippen LogP contribution in [0.2, 0.25) is 0 Å². The smallest absolute Gasteiger partial charge is 0.362 e. The summed E-state index contributed by atoms with van der Waals surface area (Å²) in [6.45, 7) is 0.864. The van der Waals surface area contributed by atoms with E-state index in [1.54, 1.807) is 4.90 Å². The van der Waals surface area contributed by atoms with Crippen LogP contribution in [0.1, 0.15) is 6.42 Å². The number of rotatable bonds is 4. The average molecular weight is 259 g/mol. The van der Waals surface area contributed by atoms with Gasteiger partial charge in [-0.2, -0.15) is 0 Å². The van der Waals surface area contributed by atoms with Crippen molar-refractivity contribution in [1.82, 2.24) is 4.90 Å². The van der Waals surface area contributed by atoms with Gasteiger partial charge in [0, 0.05) is 13.1 Å². The van der Waals surface area contributed by atoms with E-state index in [9.17, 15) is 14.4 Å². The SMILES string of the molecule is O=C(O)COC1(N2CCOCC2)CC(=O)OC1=O. The number of nitrogens with zero attached hydrogens (tertiary/aromatic N) is 1. The molecule has 0 radical (unpaired) electrons. The second kappa shape index (κ2) is 5.01. The van der Waals surface area contributed by atoms with E-state index in [0.29, 0.717) is 26.3 Å². The van der Waals surface area contributed by atoms with Crippen LogP contribution < -0.4 is 0 Å². The molecule has 0 aromatic carbocycles. The van der Waals surface area contributed by atoms with E-state index in [2.05, 4.69) is 4.74 Å². The van der Waals surface area contributed by atoms with Gasteiger partial charge in [0.05, 0.1) is 13.2 Å². The number of carbonyl (C=O) groups excluding carboxylic acids is 2. The van der Waals surface area contributed by atoms with Gasteiger partial charge in [-0.3, -0.25) is 9.69 Å². The summed E-state index contributed by atoms with van der Waals surface area (Å²) in [5, 5.41) is 8.63. The van der Waals surface area contributed by atoms with Gasteiger partial charge in [-0.15, -0.1) is 0 Å². The highest BCUT2D eigenvalue weighted by atomic mass is 16.6. The van der Waals surface area contributed by atoms with E-state index in [-0.39, 0.29) is 6.42 Å². The number of carboxylic acid groups (broad SMARTS) is 1. The molecular weight excluding hydrogens is 246 g/mol. The Morgan fingerprint density at radius 3 is 2.56 bits per heavy atom. The number of morpholine rings is 1. The number of cyclic esters (lactones) is 2. The number of esters is 2. The first-order chi connectivity index (χ1) is 8.54. The van der Waals surface area contributed by atoms with Gasteiger partial charge in [-0.1, -0.05) is 0 Å². The molecule has 1 N–H and O–H groups in total. The molecule has 2 rings (SSSR count). The van der Waals surface area contributed by atoms with E-state index in [4.69, 9.17) is 14.6 Å². The van der Waals surface area contributed by atoms with Crippen LogP contribution in [0.15, 0.2) is 0 Å². The molecule has 0 aromatic rings. The summed E-state index contributed by atoms with van der Waals surface area (Å²) in [5.41, 5.74) is -1.61. The van der Waals surface area contributed by atoms with Crippen molar-refractivity contribution in [3.63, 3.8) is 0 Å². The second-order valence-electron chi connectivity index (χ2n) is 4.00. The van der Waals surface area contributed by atoms with E-state index < -0.39 is 30.2 Å². The Balaban J connectivity index is 2.18. The molecule has 18 heavy (non-hydrogen) atoms. The minimum absolute atomic E-state index is 0.293. The first kappa shape index (κ1) is 12.9. The van der Waals surface area contributed by atoms with Crippen LogP contribution in [0.5, 0.6) is 0 Å². The van der Waals surface area contributed by atoms with Crippen molar-refractivity contribution in [3.8, 4) is 0 Å². The standard InChI is InChI=1S/C10H13NO7/c12-7(13)6-17-10(5-8(14)18-9(10)15)11-1-3-16-4-2-11/h1-6H2,(H,12,13). The lowest BCUT2D eigenvalue weighted by Crippen LogP contribution is -2.58. The number of hydrogen-bond acceptors (Lipinski definition) is 7. The molecule has 8 nitrogen and oxygen atoms in total. The minimum atomic E-state index is -1.61. The van der Waals surface area contributed by atoms with Crippen LogP contribution in [-0.2, 0) is 28.6 Å². The first-order valence-electron chi connectivity index (χ1n) is 5.48. The maximum Gasteiger partial charge on any atom is 0.362 e. The van der Waals surface area contributed by atoms with Crippen molar-refractivity contribution < 1.29 is 33.7 Å². The summed E-state index contributed by atoms with van der Waals surface area (Å²) in [7, 11) is 0. The lowest BCUT2D eigenvalue weighted by Gasteiger charge is -2.38. The molecule has 100 valence electrons. The Morgan fingerprint density at radius 2 is 2.06 bits per heavy atom. The van der Waals surface area contributed by atoms with Gasteiger partial charge in [0.25, 0.3) is 0 Å². The molecule has 8 heteroatoms. The summed E-state index contributed by atoms with van der Waals surface area (Å²) in [6, 6.07) is 0. The van der Waals surface area contributed by atoms with Crippen molar-refractivity contribution in [2.75, 3.05) is 32.9 Å². The minimum Gasteiger partial charge on any atom is -0.480 e. The van der Waals surface area contributed by atoms with Gasteiger partial charge in [0.15, 0.2) is 0 Å². The first-order valence-corrected chi connectivity index (χ1v) is 5.48. The normalized spacial score (nSPS) is 29.3. The van der Waals surface area contributed by atoms with Crippen molar-refractivity contribution in [2.45, 2.75) is 12.1 Å². The molecule has 2 fully saturated rings. The molecule has 1 unspecified atom stereocenters. The molecule has 0 aromatic heterocycles. The maximum atomic E-state index is 11.8. The average Bonchev–Trinajstić information content (AvgIpc) is 2.64. The van der Waals surface area contributed by atoms with Crippen LogP contribution in [0.25, 0.3) is 0 Å². The third-order valence-electron chi connectivity index (χ3n) is 2.87. The summed E-state index contributed by atoms with van der Waals surface area (Å²) >= 11 is 0. The summed E-state index contributed by atoms with van der Waals surface area (Å²) < 4.78 is 14.8. The van der Waals surface area contributed by atoms with Gasteiger partial charge < -0.3 is 19.3 Å². The van der Waals surface area contributed by atoms with Crippen molar-refractivity contribution >= 4 is 17.9 Å². The quantitative estimate of drug-likeness (QED) is 0.485. The predicted octanol–water partition coefficient (Wildman–Crippen LogP) is -1.41. The van der Waals surface area contributed by atoms with Gasteiger partial charge >= 0.3 is 17.9 Å². The largest absolute Gasteiger partial charge is 0.480 e. The number of carbonyl (C=O) groups is 3. The van der Waals surface area contributed by atoms with Crippen LogP contribution in [-0.4, -0.2) is 66.5 Å². The van der Waals surface area contributed by atoms with Crippen molar-refractivity contribution in [2.24, 2.45) is 0 Å². The summed E-state index contributed by atoms with van der Waals surface area (Å²) in [4.78, 5) is 35.2. The van der Waals surface area contributed by atoms with E-state index >= 15 is 0 Å². The fraction of sp³-hybridized carbons (Fsp3) is 0.700. The molecule has 2 aliphatic heterocycles. The van der Waals surface area contributed by atoms with Gasteiger partial charge in [0.2, 0.25) is 5.72 Å². The van der Waals surface area contributed by atoms with Crippen molar-refractivity contribution in [1.29, 1.82) is 0 Å². The maximum absolute atomic E-state index is 11.8. The van der Waals surface area contributed by atoms with Gasteiger partial charge in [-0.25, -0.2) is 9.59 Å². The molecule has 0 saturated carbocycles. The zero-order chi connectivity index (χ0) is 13.2. The molecule has 0 aliphatic carbocycles. The fourth-order valence-electron chi connectivity index (χ4n) is 2.03. The Kier molecular flexibility index (Phi) is 3.60. The van der Waals surface area contributed by atoms with E-state index in [1.807, 2.05) is 0 Å². The number of hydrogen-bond donors (Lipinski definition) is 1. The second-order valence-corrected chi connectivity index (χ2v) is 4.00. The molecule has 0 bridgehead atoms. The Morgan fingerprint density at radius 1 is 1.39 bits per heavy atom. The van der Waals surface area contributed by atoms with Gasteiger partial charge in [0.1, 0.15) is 13.0 Å². The molecule has 1 atom stereocenters. The van der Waals surface area contributed by atoms with Crippen LogP contribution in [0.4, 0.5) is 0 Å². The monoisotopic (exact) mass is 259 g/mol. The summed E-state index contributed by atoms with van der Waals surface area (Å²) in [5.74, 6) is -2.78. The molecule has 0 spiro atoms.